The van der Waals surface area contributed by atoms with Gasteiger partial charge in [0, 0.05) is 6.07 Å². The van der Waals surface area contributed by atoms with E-state index in [9.17, 15) is 37.8 Å². The van der Waals surface area contributed by atoms with Crippen molar-refractivity contribution >= 4 is 22.9 Å². The zero-order chi connectivity index (χ0) is 22.1. The number of hydrogen-bond acceptors (Lipinski definition) is 8. The summed E-state index contributed by atoms with van der Waals surface area (Å²) in [4.78, 5) is 33.8. The SMILES string of the molecule is O=C([O-])COc1ccc2c(=O)c(Oc3ccc(C(=O)[O-])cc3)c(C(F)(F)F)oc2c1. The van der Waals surface area contributed by atoms with E-state index in [2.05, 4.69) is 0 Å². The summed E-state index contributed by atoms with van der Waals surface area (Å²) >= 11 is 0. The molecule has 0 spiro atoms. The number of benzene rings is 2. The fourth-order valence-electron chi connectivity index (χ4n) is 2.44. The maximum Gasteiger partial charge on any atom is 0.453 e. The van der Waals surface area contributed by atoms with E-state index in [4.69, 9.17) is 13.9 Å². The number of aliphatic carboxylic acids is 1. The molecule has 0 saturated heterocycles. The maximum atomic E-state index is 13.5. The van der Waals surface area contributed by atoms with Crippen LogP contribution in [0.2, 0.25) is 0 Å². The van der Waals surface area contributed by atoms with Crippen LogP contribution in [0.15, 0.2) is 51.7 Å². The molecular formula is C19H9F3O8-2. The molecule has 11 heteroatoms. The standard InChI is InChI=1S/C19H11F3O8/c20-19(21,22)17-16(29-10-3-1-9(2-4-10)18(26)27)15(25)12-6-5-11(7-13(12)30-17)28-8-14(23)24/h1-7H,8H2,(H,23,24)(H,26,27)/p-2. The Labute approximate surface area is 164 Å². The summed E-state index contributed by atoms with van der Waals surface area (Å²) in [7, 11) is 0. The maximum absolute atomic E-state index is 13.5. The molecule has 2 aromatic carbocycles. The molecule has 0 saturated carbocycles. The number of carboxylic acid groups (broad SMARTS) is 2. The number of rotatable bonds is 6. The van der Waals surface area contributed by atoms with Gasteiger partial charge in [0.15, 0.2) is 0 Å². The lowest BCUT2D eigenvalue weighted by molar-refractivity contribution is -0.307. The second-order valence-corrected chi connectivity index (χ2v) is 5.82. The predicted octanol–water partition coefficient (Wildman–Crippen LogP) is 1.10. The Kier molecular flexibility index (Phi) is 5.37. The normalized spacial score (nSPS) is 11.3. The van der Waals surface area contributed by atoms with E-state index in [1.165, 1.54) is 0 Å². The molecule has 0 unspecified atom stereocenters. The Morgan fingerprint density at radius 2 is 1.63 bits per heavy atom. The number of carbonyl (C=O) groups is 2. The average Bonchev–Trinajstić information content (AvgIpc) is 2.67. The minimum absolute atomic E-state index is 0.158. The lowest BCUT2D eigenvalue weighted by atomic mass is 10.2. The number of ether oxygens (including phenoxy) is 2. The van der Waals surface area contributed by atoms with E-state index in [0.29, 0.717) is 0 Å². The second-order valence-electron chi connectivity index (χ2n) is 5.82. The zero-order valence-electron chi connectivity index (χ0n) is 14.6. The van der Waals surface area contributed by atoms with Crippen LogP contribution in [0.25, 0.3) is 11.0 Å². The van der Waals surface area contributed by atoms with Crippen molar-refractivity contribution in [1.29, 1.82) is 0 Å². The summed E-state index contributed by atoms with van der Waals surface area (Å²) < 4.78 is 55.1. The van der Waals surface area contributed by atoms with Crippen molar-refractivity contribution in [2.24, 2.45) is 0 Å². The van der Waals surface area contributed by atoms with Gasteiger partial charge >= 0.3 is 6.18 Å². The molecule has 30 heavy (non-hydrogen) atoms. The number of alkyl halides is 3. The predicted molar refractivity (Wildman–Crippen MR) is 88.8 cm³/mol. The molecule has 0 N–H and O–H groups in total. The first-order valence-electron chi connectivity index (χ1n) is 8.06. The molecule has 3 rings (SSSR count). The third-order valence-corrected chi connectivity index (χ3v) is 3.75. The van der Waals surface area contributed by atoms with Gasteiger partial charge in [-0.3, -0.25) is 4.79 Å². The van der Waals surface area contributed by atoms with Gasteiger partial charge in [0.25, 0.3) is 5.76 Å². The molecule has 156 valence electrons. The van der Waals surface area contributed by atoms with Gasteiger partial charge < -0.3 is 33.7 Å². The molecular weight excluding hydrogens is 413 g/mol. The Bertz CT molecular complexity index is 1180. The molecule has 0 aliphatic heterocycles. The largest absolute Gasteiger partial charge is 0.546 e. The van der Waals surface area contributed by atoms with Crippen molar-refractivity contribution in [2.75, 3.05) is 6.61 Å². The summed E-state index contributed by atoms with van der Waals surface area (Å²) in [5.41, 5.74) is -1.91. The number of fused-ring (bicyclic) bond motifs is 1. The number of hydrogen-bond donors (Lipinski definition) is 0. The molecule has 0 amide bonds. The highest BCUT2D eigenvalue weighted by Gasteiger charge is 2.40. The van der Waals surface area contributed by atoms with Crippen LogP contribution in [0.3, 0.4) is 0 Å². The zero-order valence-corrected chi connectivity index (χ0v) is 14.6. The van der Waals surface area contributed by atoms with Gasteiger partial charge in [-0.05, 0) is 42.0 Å². The number of carbonyl (C=O) groups excluding carboxylic acids is 2. The molecule has 0 bridgehead atoms. The summed E-state index contributed by atoms with van der Waals surface area (Å²) in [5, 5.41) is 20.9. The van der Waals surface area contributed by atoms with E-state index in [1.54, 1.807) is 0 Å². The summed E-state index contributed by atoms with van der Waals surface area (Å²) in [6, 6.07) is 7.32. The minimum Gasteiger partial charge on any atom is -0.546 e. The Morgan fingerprint density at radius 3 is 2.20 bits per heavy atom. The third kappa shape index (κ3) is 4.35. The fourth-order valence-corrected chi connectivity index (χ4v) is 2.44. The molecule has 0 radical (unpaired) electrons. The van der Waals surface area contributed by atoms with Crippen LogP contribution >= 0.6 is 0 Å². The van der Waals surface area contributed by atoms with Crippen molar-refractivity contribution in [1.82, 2.24) is 0 Å². The van der Waals surface area contributed by atoms with Crippen molar-refractivity contribution in [3.05, 3.63) is 64.0 Å². The molecule has 0 fully saturated rings. The topological polar surface area (TPSA) is 129 Å². The Balaban J connectivity index is 2.09. The van der Waals surface area contributed by atoms with Crippen LogP contribution in [0, 0.1) is 0 Å². The first kappa shape index (κ1) is 20.7. The van der Waals surface area contributed by atoms with Crippen LogP contribution in [0.5, 0.6) is 17.2 Å². The summed E-state index contributed by atoms with van der Waals surface area (Å²) in [6.07, 6.45) is -5.12. The number of halogens is 3. The molecule has 0 aliphatic rings. The van der Waals surface area contributed by atoms with Crippen molar-refractivity contribution in [2.45, 2.75) is 6.18 Å². The molecule has 1 aromatic heterocycles. The van der Waals surface area contributed by atoms with Gasteiger partial charge in [-0.2, -0.15) is 13.2 Å². The van der Waals surface area contributed by atoms with Gasteiger partial charge in [0.05, 0.1) is 17.3 Å². The molecule has 3 aromatic rings. The molecule has 1 heterocycles. The van der Waals surface area contributed by atoms with Gasteiger partial charge in [0.1, 0.15) is 23.7 Å². The van der Waals surface area contributed by atoms with E-state index < -0.39 is 47.2 Å². The third-order valence-electron chi connectivity index (χ3n) is 3.75. The van der Waals surface area contributed by atoms with Gasteiger partial charge in [-0.1, -0.05) is 0 Å². The highest BCUT2D eigenvalue weighted by atomic mass is 19.4. The fraction of sp³-hybridized carbons (Fsp3) is 0.105. The highest BCUT2D eigenvalue weighted by Crippen LogP contribution is 2.38. The van der Waals surface area contributed by atoms with Crippen molar-refractivity contribution < 1.29 is 46.9 Å². The van der Waals surface area contributed by atoms with Crippen molar-refractivity contribution in [3.8, 4) is 17.2 Å². The van der Waals surface area contributed by atoms with E-state index in [-0.39, 0.29) is 22.4 Å². The minimum atomic E-state index is -5.12. The molecule has 0 aliphatic carbocycles. The van der Waals surface area contributed by atoms with Crippen LogP contribution in [0.4, 0.5) is 13.2 Å². The molecule has 8 nitrogen and oxygen atoms in total. The Hall–Kier alpha value is -4.02. The number of aromatic carboxylic acids is 1. The van der Waals surface area contributed by atoms with Gasteiger partial charge in [0.2, 0.25) is 11.2 Å². The summed E-state index contributed by atoms with van der Waals surface area (Å²) in [6.45, 7) is -0.856. The van der Waals surface area contributed by atoms with E-state index in [0.717, 1.165) is 42.5 Å². The van der Waals surface area contributed by atoms with Crippen LogP contribution in [-0.4, -0.2) is 18.5 Å². The first-order valence-corrected chi connectivity index (χ1v) is 8.06. The van der Waals surface area contributed by atoms with Crippen LogP contribution in [-0.2, 0) is 11.0 Å². The van der Waals surface area contributed by atoms with E-state index in [1.807, 2.05) is 0 Å². The van der Waals surface area contributed by atoms with E-state index >= 15 is 0 Å². The highest BCUT2D eigenvalue weighted by molar-refractivity contribution is 5.85. The second kappa shape index (κ2) is 7.78. The van der Waals surface area contributed by atoms with Gasteiger partial charge in [-0.25, -0.2) is 0 Å². The quantitative estimate of drug-likeness (QED) is 0.578. The molecule has 0 atom stereocenters. The van der Waals surface area contributed by atoms with Crippen molar-refractivity contribution in [3.63, 3.8) is 0 Å². The lowest BCUT2D eigenvalue weighted by Crippen LogP contribution is -2.28. The smallest absolute Gasteiger partial charge is 0.453 e. The monoisotopic (exact) mass is 422 g/mol. The first-order chi connectivity index (χ1) is 14.1. The van der Waals surface area contributed by atoms with Gasteiger partial charge in [-0.15, -0.1) is 0 Å². The number of carboxylic acids is 2. The average molecular weight is 422 g/mol. The van der Waals surface area contributed by atoms with Crippen LogP contribution in [0.1, 0.15) is 16.1 Å². The van der Waals surface area contributed by atoms with Crippen LogP contribution < -0.4 is 25.1 Å². The Morgan fingerprint density at radius 1 is 1.00 bits per heavy atom. The summed E-state index contributed by atoms with van der Waals surface area (Å²) in [5.74, 6) is -6.35. The lowest BCUT2D eigenvalue weighted by Gasteiger charge is -2.14.